The number of hydrogen-bond donors (Lipinski definition) is 1. The minimum atomic E-state index is 0.0330. The average molecular weight is 370 g/mol. The lowest BCUT2D eigenvalue weighted by molar-refractivity contribution is -0.116. The van der Waals surface area contributed by atoms with Gasteiger partial charge in [0.05, 0.1) is 12.8 Å². The van der Waals surface area contributed by atoms with Gasteiger partial charge in [0, 0.05) is 33.2 Å². The maximum atomic E-state index is 12.3. The lowest BCUT2D eigenvalue weighted by atomic mass is 9.89. The maximum Gasteiger partial charge on any atom is 0.225 e. The highest BCUT2D eigenvalue weighted by Crippen LogP contribution is 2.46. The SMILES string of the molecule is COc1ccc(-c2csc3c2NC(=O)C[C@@H]3c2cccc(Cl)c2)cc1. The van der Waals surface area contributed by atoms with Crippen molar-refractivity contribution < 1.29 is 9.53 Å². The van der Waals surface area contributed by atoms with Gasteiger partial charge in [-0.25, -0.2) is 0 Å². The highest BCUT2D eigenvalue weighted by atomic mass is 35.5. The van der Waals surface area contributed by atoms with Gasteiger partial charge < -0.3 is 10.1 Å². The number of halogens is 1. The average Bonchev–Trinajstić information content (AvgIpc) is 3.04. The molecule has 1 aliphatic heterocycles. The Labute approximate surface area is 155 Å². The van der Waals surface area contributed by atoms with Gasteiger partial charge in [-0.05, 0) is 35.4 Å². The van der Waals surface area contributed by atoms with Crippen molar-refractivity contribution in [2.75, 3.05) is 12.4 Å². The third-order valence-electron chi connectivity index (χ3n) is 4.44. The Morgan fingerprint density at radius 3 is 2.72 bits per heavy atom. The first-order chi connectivity index (χ1) is 12.2. The van der Waals surface area contributed by atoms with Crippen molar-refractivity contribution >= 4 is 34.5 Å². The highest BCUT2D eigenvalue weighted by Gasteiger charge is 2.30. The second-order valence-corrected chi connectivity index (χ2v) is 7.32. The third kappa shape index (κ3) is 3.03. The minimum Gasteiger partial charge on any atom is -0.497 e. The summed E-state index contributed by atoms with van der Waals surface area (Å²) in [4.78, 5) is 13.5. The zero-order chi connectivity index (χ0) is 17.4. The van der Waals surface area contributed by atoms with E-state index in [2.05, 4.69) is 10.7 Å². The van der Waals surface area contributed by atoms with Crippen LogP contribution in [0.1, 0.15) is 22.8 Å². The normalized spacial score (nSPS) is 16.2. The quantitative estimate of drug-likeness (QED) is 0.657. The molecule has 3 aromatic rings. The molecule has 1 atom stereocenters. The Balaban J connectivity index is 1.78. The van der Waals surface area contributed by atoms with Gasteiger partial charge in [-0.1, -0.05) is 35.9 Å². The van der Waals surface area contributed by atoms with Crippen LogP contribution in [-0.2, 0) is 4.79 Å². The van der Waals surface area contributed by atoms with Crippen molar-refractivity contribution in [2.45, 2.75) is 12.3 Å². The lowest BCUT2D eigenvalue weighted by Gasteiger charge is -2.24. The van der Waals surface area contributed by atoms with Crippen LogP contribution in [-0.4, -0.2) is 13.0 Å². The summed E-state index contributed by atoms with van der Waals surface area (Å²) in [6.07, 6.45) is 0.440. The number of fused-ring (bicyclic) bond motifs is 1. The van der Waals surface area contributed by atoms with E-state index in [4.69, 9.17) is 16.3 Å². The van der Waals surface area contributed by atoms with E-state index in [9.17, 15) is 4.79 Å². The van der Waals surface area contributed by atoms with Crippen molar-refractivity contribution in [3.63, 3.8) is 0 Å². The van der Waals surface area contributed by atoms with Gasteiger partial charge >= 0.3 is 0 Å². The summed E-state index contributed by atoms with van der Waals surface area (Å²) in [5.74, 6) is 0.888. The highest BCUT2D eigenvalue weighted by molar-refractivity contribution is 7.11. The largest absolute Gasteiger partial charge is 0.497 e. The molecular formula is C20H16ClNO2S. The number of thiophene rings is 1. The lowest BCUT2D eigenvalue weighted by Crippen LogP contribution is -2.22. The number of nitrogens with one attached hydrogen (secondary N) is 1. The number of ether oxygens (including phenoxy) is 1. The van der Waals surface area contributed by atoms with E-state index in [1.807, 2.05) is 48.5 Å². The third-order valence-corrected chi connectivity index (χ3v) is 5.77. The first-order valence-electron chi connectivity index (χ1n) is 7.97. The standard InChI is InChI=1S/C20H16ClNO2S/c1-24-15-7-5-12(6-8-15)17-11-25-20-16(10-18(23)22-19(17)20)13-3-2-4-14(21)9-13/h2-9,11,16H,10H2,1H3,(H,22,23)/t16-/m1/s1. The molecule has 0 saturated heterocycles. The number of amides is 1. The molecule has 0 fully saturated rings. The number of carbonyl (C=O) groups is 1. The van der Waals surface area contributed by atoms with Gasteiger partial charge in [-0.2, -0.15) is 0 Å². The topological polar surface area (TPSA) is 38.3 Å². The Hall–Kier alpha value is -2.30. The molecule has 0 saturated carbocycles. The molecule has 0 aliphatic carbocycles. The zero-order valence-corrected chi connectivity index (χ0v) is 15.2. The molecule has 1 aliphatic rings. The van der Waals surface area contributed by atoms with Crippen molar-refractivity contribution in [2.24, 2.45) is 0 Å². The molecule has 0 bridgehead atoms. The summed E-state index contributed by atoms with van der Waals surface area (Å²) in [5, 5.41) is 5.86. The predicted octanol–water partition coefficient (Wildman–Crippen LogP) is 5.55. The summed E-state index contributed by atoms with van der Waals surface area (Å²) in [6, 6.07) is 15.6. The van der Waals surface area contributed by atoms with E-state index < -0.39 is 0 Å². The van der Waals surface area contributed by atoms with E-state index in [1.54, 1.807) is 18.4 Å². The van der Waals surface area contributed by atoms with Crippen LogP contribution < -0.4 is 10.1 Å². The molecule has 1 amide bonds. The van der Waals surface area contributed by atoms with Crippen molar-refractivity contribution in [1.29, 1.82) is 0 Å². The number of carbonyl (C=O) groups excluding carboxylic acids is 1. The summed E-state index contributed by atoms with van der Waals surface area (Å²) in [7, 11) is 1.65. The van der Waals surface area contributed by atoms with Gasteiger partial charge in [0.25, 0.3) is 0 Å². The monoisotopic (exact) mass is 369 g/mol. The molecule has 1 aromatic heterocycles. The van der Waals surface area contributed by atoms with Crippen molar-refractivity contribution in [3.8, 4) is 16.9 Å². The van der Waals surface area contributed by atoms with Crippen LogP contribution in [0.15, 0.2) is 53.9 Å². The second-order valence-electron chi connectivity index (χ2n) is 5.98. The van der Waals surface area contributed by atoms with Gasteiger partial charge in [0.15, 0.2) is 0 Å². The molecular weight excluding hydrogens is 354 g/mol. The summed E-state index contributed by atoms with van der Waals surface area (Å²) in [6.45, 7) is 0. The smallest absolute Gasteiger partial charge is 0.225 e. The molecule has 1 N–H and O–H groups in total. The number of benzene rings is 2. The number of rotatable bonds is 3. The van der Waals surface area contributed by atoms with Crippen LogP contribution in [0.5, 0.6) is 5.75 Å². The van der Waals surface area contributed by atoms with Crippen LogP contribution in [0.3, 0.4) is 0 Å². The van der Waals surface area contributed by atoms with E-state index >= 15 is 0 Å². The van der Waals surface area contributed by atoms with Crippen LogP contribution in [0, 0.1) is 0 Å². The fourth-order valence-electron chi connectivity index (χ4n) is 3.20. The minimum absolute atomic E-state index is 0.0330. The molecule has 25 heavy (non-hydrogen) atoms. The first kappa shape index (κ1) is 16.2. The molecule has 3 nitrogen and oxygen atoms in total. The number of hydrogen-bond acceptors (Lipinski definition) is 3. The molecule has 0 radical (unpaired) electrons. The molecule has 0 unspecified atom stereocenters. The fraction of sp³-hybridized carbons (Fsp3) is 0.150. The van der Waals surface area contributed by atoms with Gasteiger partial charge in [-0.3, -0.25) is 4.79 Å². The number of anilines is 1. The number of methoxy groups -OCH3 is 1. The molecule has 0 spiro atoms. The zero-order valence-electron chi connectivity index (χ0n) is 13.6. The molecule has 2 aromatic carbocycles. The molecule has 126 valence electrons. The maximum absolute atomic E-state index is 12.3. The Bertz CT molecular complexity index is 933. The molecule has 5 heteroatoms. The fourth-order valence-corrected chi connectivity index (χ4v) is 4.56. The van der Waals surface area contributed by atoms with E-state index in [1.165, 1.54) is 4.88 Å². The summed E-state index contributed by atoms with van der Waals surface area (Å²) in [5.41, 5.74) is 4.09. The van der Waals surface area contributed by atoms with E-state index in [0.29, 0.717) is 11.4 Å². The van der Waals surface area contributed by atoms with Crippen LogP contribution in [0.25, 0.3) is 11.1 Å². The second kappa shape index (κ2) is 6.54. The Kier molecular flexibility index (Phi) is 4.24. The Morgan fingerprint density at radius 2 is 2.00 bits per heavy atom. The van der Waals surface area contributed by atoms with Crippen LogP contribution in [0.4, 0.5) is 5.69 Å². The van der Waals surface area contributed by atoms with E-state index in [-0.39, 0.29) is 11.8 Å². The predicted molar refractivity (Wildman–Crippen MR) is 103 cm³/mol. The molecule has 4 rings (SSSR count). The summed E-state index contributed by atoms with van der Waals surface area (Å²) < 4.78 is 5.22. The first-order valence-corrected chi connectivity index (χ1v) is 9.22. The Morgan fingerprint density at radius 1 is 1.20 bits per heavy atom. The molecule has 2 heterocycles. The summed E-state index contributed by atoms with van der Waals surface area (Å²) >= 11 is 7.83. The van der Waals surface area contributed by atoms with Crippen molar-refractivity contribution in [1.82, 2.24) is 0 Å². The van der Waals surface area contributed by atoms with Gasteiger partial charge in [0.1, 0.15) is 5.75 Å². The van der Waals surface area contributed by atoms with Crippen molar-refractivity contribution in [3.05, 3.63) is 69.4 Å². The van der Waals surface area contributed by atoms with Crippen LogP contribution in [0.2, 0.25) is 5.02 Å². The van der Waals surface area contributed by atoms with E-state index in [0.717, 1.165) is 28.1 Å². The van der Waals surface area contributed by atoms with Gasteiger partial charge in [0.2, 0.25) is 5.91 Å². The van der Waals surface area contributed by atoms with Crippen LogP contribution >= 0.6 is 22.9 Å². The van der Waals surface area contributed by atoms with Gasteiger partial charge in [-0.15, -0.1) is 11.3 Å².